The number of benzene rings is 2. The fourth-order valence-corrected chi connectivity index (χ4v) is 9.46. The second-order valence-electron chi connectivity index (χ2n) is 19.8. The maximum atomic E-state index is 13.7. The number of hydrogen-bond donors (Lipinski definition) is 0. The molecular weight excluding hydrogens is 1070 g/mol. The molecule has 0 aromatic heterocycles. The van der Waals surface area contributed by atoms with E-state index in [9.17, 15) is 47.9 Å². The summed E-state index contributed by atoms with van der Waals surface area (Å²) in [5.74, 6) is -10.00. The Morgan fingerprint density at radius 1 is 0.402 bits per heavy atom. The highest BCUT2D eigenvalue weighted by Crippen LogP contribution is 2.37. The number of rotatable bonds is 32. The summed E-state index contributed by atoms with van der Waals surface area (Å²) in [6.07, 6.45) is 8.29. The Morgan fingerprint density at radius 2 is 0.744 bits per heavy atom. The van der Waals surface area contributed by atoms with Crippen LogP contribution in [0.4, 0.5) is 0 Å². The van der Waals surface area contributed by atoms with Crippen LogP contribution in [0.3, 0.4) is 0 Å². The number of carbonyl (C=O) groups is 10. The summed E-state index contributed by atoms with van der Waals surface area (Å²) in [7, 11) is 0. The van der Waals surface area contributed by atoms with E-state index >= 15 is 0 Å². The molecule has 22 nitrogen and oxygen atoms in total. The number of unbranched alkanes of at least 4 members (excludes halogenated alkanes) is 2. The van der Waals surface area contributed by atoms with E-state index in [1.165, 1.54) is 36.4 Å². The minimum Gasteiger partial charge on any atom is -0.465 e. The van der Waals surface area contributed by atoms with Crippen LogP contribution < -0.4 is 18.9 Å². The molecule has 0 bridgehead atoms. The lowest BCUT2D eigenvalue weighted by molar-refractivity contribution is -0.152. The second kappa shape index (κ2) is 35.4. The monoisotopic (exact) mass is 1150 g/mol. The summed E-state index contributed by atoms with van der Waals surface area (Å²) in [5, 5.41) is 0. The van der Waals surface area contributed by atoms with Crippen LogP contribution in [0, 0.1) is 35.5 Å². The number of ether oxygens (including phenoxy) is 12. The molecule has 2 aromatic carbocycles. The van der Waals surface area contributed by atoms with Gasteiger partial charge in [-0.3, -0.25) is 28.8 Å². The normalized spacial score (nSPS) is 19.4. The highest BCUT2D eigenvalue weighted by atomic mass is 16.6. The summed E-state index contributed by atoms with van der Waals surface area (Å²) in [5.41, 5.74) is -0.374. The third-order valence-electron chi connectivity index (χ3n) is 14.0. The third-order valence-corrected chi connectivity index (χ3v) is 14.0. The average molecular weight is 1150 g/mol. The predicted octanol–water partition coefficient (Wildman–Crippen LogP) is 7.92. The van der Waals surface area contributed by atoms with Crippen molar-refractivity contribution in [2.75, 3.05) is 66.1 Å². The zero-order valence-electron chi connectivity index (χ0n) is 46.9. The fraction of sp³-hybridized carbons (Fsp3) is 0.567. The van der Waals surface area contributed by atoms with Crippen LogP contribution >= 0.6 is 0 Å². The standard InChI is InChI=1S/C60H76O22/c1-5-51(61)73-28-9-11-30-75-53(63)39-16-20-41(21-17-39)55(65)81-49-26-24-45(37-47(49)59(69)77-34-32-71-7-3)79-57(67)43-14-13-15-44(36-43)58(68)80-46-25-27-50(48(38-46)60(70)78-35-33-72-8-4)82-56(66)42-22-18-40(19-23-42)54(64)76-31-12-10-29-74-52(62)6-2/h5-6,24-27,37-44H,1-2,7-23,28-36H2,3-4H3. The molecule has 82 heavy (non-hydrogen) atoms. The van der Waals surface area contributed by atoms with E-state index in [-0.39, 0.29) is 105 Å². The van der Waals surface area contributed by atoms with Gasteiger partial charge in [-0.15, -0.1) is 0 Å². The van der Waals surface area contributed by atoms with Crippen molar-refractivity contribution < 1.29 is 105 Å². The van der Waals surface area contributed by atoms with Crippen molar-refractivity contribution in [3.8, 4) is 23.0 Å². The Bertz CT molecular complexity index is 2350. The Morgan fingerprint density at radius 3 is 1.10 bits per heavy atom. The van der Waals surface area contributed by atoms with Gasteiger partial charge in [-0.25, -0.2) is 19.2 Å². The largest absolute Gasteiger partial charge is 0.465 e. The van der Waals surface area contributed by atoms with Gasteiger partial charge in [0, 0.05) is 25.4 Å². The van der Waals surface area contributed by atoms with Gasteiger partial charge in [0.15, 0.2) is 0 Å². The number of esters is 10. The highest BCUT2D eigenvalue weighted by Gasteiger charge is 2.37. The Hall–Kier alpha value is -7.46. The maximum absolute atomic E-state index is 13.7. The van der Waals surface area contributed by atoms with Gasteiger partial charge in [-0.1, -0.05) is 19.6 Å². The molecule has 448 valence electrons. The summed E-state index contributed by atoms with van der Waals surface area (Å²) >= 11 is 0. The molecule has 3 fully saturated rings. The van der Waals surface area contributed by atoms with Crippen molar-refractivity contribution in [3.05, 3.63) is 72.8 Å². The van der Waals surface area contributed by atoms with Gasteiger partial charge in [0.25, 0.3) is 0 Å². The van der Waals surface area contributed by atoms with E-state index in [0.29, 0.717) is 110 Å². The molecule has 2 atom stereocenters. The molecular formula is C60H76O22. The van der Waals surface area contributed by atoms with Crippen molar-refractivity contribution in [1.29, 1.82) is 0 Å². The van der Waals surface area contributed by atoms with Gasteiger partial charge in [0.2, 0.25) is 0 Å². The molecule has 2 unspecified atom stereocenters. The van der Waals surface area contributed by atoms with Crippen LogP contribution in [0.25, 0.3) is 0 Å². The van der Waals surface area contributed by atoms with E-state index in [1.807, 2.05) is 0 Å². The van der Waals surface area contributed by atoms with Gasteiger partial charge in [0.1, 0.15) is 47.3 Å². The van der Waals surface area contributed by atoms with Crippen molar-refractivity contribution in [2.24, 2.45) is 35.5 Å². The van der Waals surface area contributed by atoms with Gasteiger partial charge >= 0.3 is 59.7 Å². The molecule has 2 aromatic rings. The van der Waals surface area contributed by atoms with E-state index in [2.05, 4.69) is 13.2 Å². The zero-order valence-corrected chi connectivity index (χ0v) is 46.9. The summed E-state index contributed by atoms with van der Waals surface area (Å²) in [6, 6.07) is 7.85. The van der Waals surface area contributed by atoms with Gasteiger partial charge in [-0.2, -0.15) is 0 Å². The maximum Gasteiger partial charge on any atom is 0.342 e. The Labute approximate surface area is 477 Å². The number of carbonyl (C=O) groups excluding carboxylic acids is 10. The van der Waals surface area contributed by atoms with E-state index in [4.69, 9.17) is 56.8 Å². The summed E-state index contributed by atoms with van der Waals surface area (Å²) in [4.78, 5) is 129. The molecule has 3 aliphatic rings. The minimum atomic E-state index is -0.866. The van der Waals surface area contributed by atoms with Crippen molar-refractivity contribution in [3.63, 3.8) is 0 Å². The Kier molecular flexibility index (Phi) is 28.2. The van der Waals surface area contributed by atoms with Crippen molar-refractivity contribution in [2.45, 2.75) is 117 Å². The minimum absolute atomic E-state index is 0.0473. The summed E-state index contributed by atoms with van der Waals surface area (Å²) < 4.78 is 65.1. The quantitative estimate of drug-likeness (QED) is 0.0221. The van der Waals surface area contributed by atoms with Crippen LogP contribution in [0.5, 0.6) is 23.0 Å². The first-order valence-corrected chi connectivity index (χ1v) is 28.2. The molecule has 0 aliphatic heterocycles. The van der Waals surface area contributed by atoms with Gasteiger partial charge in [0.05, 0.1) is 75.1 Å². The Balaban J connectivity index is 1.16. The average Bonchev–Trinajstić information content (AvgIpc) is 3.49. The molecule has 5 rings (SSSR count). The van der Waals surface area contributed by atoms with Crippen LogP contribution in [-0.2, 0) is 76.3 Å². The van der Waals surface area contributed by atoms with Crippen molar-refractivity contribution >= 4 is 59.7 Å². The van der Waals surface area contributed by atoms with Crippen LogP contribution in [-0.4, -0.2) is 126 Å². The van der Waals surface area contributed by atoms with Gasteiger partial charge < -0.3 is 56.8 Å². The molecule has 0 amide bonds. The first-order valence-electron chi connectivity index (χ1n) is 28.2. The van der Waals surface area contributed by atoms with E-state index in [0.717, 1.165) is 12.2 Å². The lowest BCUT2D eigenvalue weighted by atomic mass is 9.81. The van der Waals surface area contributed by atoms with E-state index in [1.54, 1.807) is 13.8 Å². The lowest BCUT2D eigenvalue weighted by Gasteiger charge is -2.27. The third kappa shape index (κ3) is 21.8. The molecule has 0 spiro atoms. The number of hydrogen-bond acceptors (Lipinski definition) is 22. The molecule has 0 saturated heterocycles. The smallest absolute Gasteiger partial charge is 0.342 e. The van der Waals surface area contributed by atoms with Crippen LogP contribution in [0.1, 0.15) is 137 Å². The van der Waals surface area contributed by atoms with Gasteiger partial charge in [-0.05, 0) is 147 Å². The highest BCUT2D eigenvalue weighted by molar-refractivity contribution is 5.95. The first kappa shape index (κ1) is 65.4. The van der Waals surface area contributed by atoms with E-state index < -0.39 is 83.3 Å². The SMILES string of the molecule is C=CC(=O)OCCCCOC(=O)C1CCC(C(=O)Oc2ccc(OC(=O)C3CCCC(C(=O)Oc4ccc(OC(=O)C5CCC(C(=O)OCCCCOC(=O)C=C)CC5)c(C(=O)OCCOCC)c4)C3)cc2C(=O)OCCOCC)CC1. The lowest BCUT2D eigenvalue weighted by Crippen LogP contribution is -2.32. The van der Waals surface area contributed by atoms with Crippen LogP contribution in [0.2, 0.25) is 0 Å². The predicted molar refractivity (Wildman–Crippen MR) is 288 cm³/mol. The van der Waals surface area contributed by atoms with Crippen LogP contribution in [0.15, 0.2) is 61.7 Å². The summed E-state index contributed by atoms with van der Waals surface area (Å²) in [6.45, 7) is 11.7. The molecule has 22 heteroatoms. The fourth-order valence-electron chi connectivity index (χ4n) is 9.46. The molecule has 0 radical (unpaired) electrons. The molecule has 0 heterocycles. The zero-order chi connectivity index (χ0) is 59.2. The molecule has 3 saturated carbocycles. The second-order valence-corrected chi connectivity index (χ2v) is 19.8. The van der Waals surface area contributed by atoms with Crippen molar-refractivity contribution in [1.82, 2.24) is 0 Å². The first-order chi connectivity index (χ1) is 39.6. The molecule has 3 aliphatic carbocycles. The molecule has 0 N–H and O–H groups in total. The topological polar surface area (TPSA) is 281 Å².